The molecule has 0 saturated heterocycles. The zero-order valence-electron chi connectivity index (χ0n) is 10.1. The molecule has 1 aliphatic heterocycles. The third kappa shape index (κ3) is 2.25. The van der Waals surface area contributed by atoms with Crippen molar-refractivity contribution in [3.63, 3.8) is 0 Å². The maximum absolute atomic E-state index is 11.5. The molecule has 1 heterocycles. The van der Waals surface area contributed by atoms with E-state index in [4.69, 9.17) is 9.47 Å². The Morgan fingerprint density at radius 1 is 1.21 bits per heavy atom. The van der Waals surface area contributed by atoms with E-state index in [0.29, 0.717) is 18.1 Å². The van der Waals surface area contributed by atoms with Gasteiger partial charge in [0.25, 0.3) is 0 Å². The first kappa shape index (κ1) is 11.6. The fourth-order valence-electron chi connectivity index (χ4n) is 2.01. The van der Waals surface area contributed by atoms with Gasteiger partial charge in [-0.3, -0.25) is 4.79 Å². The Morgan fingerprint density at radius 2 is 2.00 bits per heavy atom. The average Bonchev–Trinajstić information content (AvgIpc) is 2.80. The lowest BCUT2D eigenvalue weighted by atomic mass is 10.1. The third-order valence-corrected chi connectivity index (χ3v) is 2.94. The molecule has 96 valence electrons. The molecular weight excluding hydrogens is 244 g/mol. The average molecular weight is 256 g/mol. The van der Waals surface area contributed by atoms with Gasteiger partial charge in [0.2, 0.25) is 5.78 Å². The van der Waals surface area contributed by atoms with Crippen molar-refractivity contribution in [3.8, 4) is 17.2 Å². The van der Waals surface area contributed by atoms with Gasteiger partial charge in [0.1, 0.15) is 29.4 Å². The van der Waals surface area contributed by atoms with Crippen LogP contribution in [-0.2, 0) is 6.61 Å². The number of rotatable bonds is 3. The van der Waals surface area contributed by atoms with Crippen LogP contribution in [0.4, 0.5) is 0 Å². The third-order valence-electron chi connectivity index (χ3n) is 2.94. The van der Waals surface area contributed by atoms with Crippen molar-refractivity contribution in [2.75, 3.05) is 6.61 Å². The molecule has 4 nitrogen and oxygen atoms in total. The van der Waals surface area contributed by atoms with Crippen LogP contribution in [0.1, 0.15) is 15.9 Å². The summed E-state index contributed by atoms with van der Waals surface area (Å²) in [4.78, 5) is 11.5. The normalized spacial score (nSPS) is 12.9. The maximum atomic E-state index is 11.5. The van der Waals surface area contributed by atoms with Crippen molar-refractivity contribution < 1.29 is 19.4 Å². The fourth-order valence-corrected chi connectivity index (χ4v) is 2.01. The Bertz CT molecular complexity index is 620. The second-order valence-electron chi connectivity index (χ2n) is 4.30. The summed E-state index contributed by atoms with van der Waals surface area (Å²) in [6.07, 6.45) is 0. The lowest BCUT2D eigenvalue weighted by molar-refractivity contribution is 0.0959. The van der Waals surface area contributed by atoms with E-state index >= 15 is 0 Å². The van der Waals surface area contributed by atoms with Crippen LogP contribution in [0.3, 0.4) is 0 Å². The van der Waals surface area contributed by atoms with Gasteiger partial charge in [0.15, 0.2) is 6.61 Å². The highest BCUT2D eigenvalue weighted by molar-refractivity contribution is 6.04. The molecule has 0 amide bonds. The lowest BCUT2D eigenvalue weighted by Crippen LogP contribution is -1.99. The molecule has 1 N–H and O–H groups in total. The van der Waals surface area contributed by atoms with Crippen molar-refractivity contribution in [1.29, 1.82) is 0 Å². The van der Waals surface area contributed by atoms with E-state index < -0.39 is 0 Å². The molecule has 0 atom stereocenters. The number of Topliss-reactive ketones (excluding diaryl/α,β-unsaturated/α-hetero) is 1. The minimum absolute atomic E-state index is 0.0228. The van der Waals surface area contributed by atoms with Crippen LogP contribution in [0.25, 0.3) is 0 Å². The summed E-state index contributed by atoms with van der Waals surface area (Å²) in [5.41, 5.74) is 1.27. The zero-order chi connectivity index (χ0) is 13.2. The molecule has 0 bridgehead atoms. The van der Waals surface area contributed by atoms with E-state index in [9.17, 15) is 9.90 Å². The predicted molar refractivity (Wildman–Crippen MR) is 68.7 cm³/mol. The van der Waals surface area contributed by atoms with Crippen LogP contribution >= 0.6 is 0 Å². The molecule has 0 fully saturated rings. The molecular formula is C15H12O4. The number of phenols is 1. The van der Waals surface area contributed by atoms with Crippen LogP contribution in [0.5, 0.6) is 17.2 Å². The summed E-state index contributed by atoms with van der Waals surface area (Å²) in [6.45, 7) is 0.373. The minimum atomic E-state index is -0.206. The van der Waals surface area contributed by atoms with Crippen LogP contribution in [-0.4, -0.2) is 17.5 Å². The van der Waals surface area contributed by atoms with E-state index in [1.165, 1.54) is 6.07 Å². The number of carbonyl (C=O) groups is 1. The summed E-state index contributed by atoms with van der Waals surface area (Å²) < 4.78 is 10.8. The molecule has 0 unspecified atom stereocenters. The molecule has 2 aromatic rings. The van der Waals surface area contributed by atoms with Gasteiger partial charge < -0.3 is 14.6 Å². The van der Waals surface area contributed by atoms with E-state index in [1.54, 1.807) is 6.07 Å². The summed E-state index contributed by atoms with van der Waals surface area (Å²) in [7, 11) is 0. The largest absolute Gasteiger partial charge is 0.507 e. The Balaban J connectivity index is 1.80. The van der Waals surface area contributed by atoms with Gasteiger partial charge in [0, 0.05) is 12.1 Å². The number of ketones is 1. The molecule has 0 aromatic heterocycles. The first-order valence-corrected chi connectivity index (χ1v) is 5.94. The highest BCUT2D eigenvalue weighted by Crippen LogP contribution is 2.37. The van der Waals surface area contributed by atoms with Crippen LogP contribution < -0.4 is 9.47 Å². The molecule has 4 heteroatoms. The standard InChI is InChI=1S/C15H12O4/c16-12-6-11(7-14-15(12)13(17)9-19-14)18-8-10-4-2-1-3-5-10/h1-7,16H,8-9H2. The molecule has 0 spiro atoms. The fraction of sp³-hybridized carbons (Fsp3) is 0.133. The SMILES string of the molecule is O=C1COc2cc(OCc3ccccc3)cc(O)c21. The topological polar surface area (TPSA) is 55.8 Å². The van der Waals surface area contributed by atoms with Gasteiger partial charge in [-0.2, -0.15) is 0 Å². The van der Waals surface area contributed by atoms with E-state index in [2.05, 4.69) is 0 Å². The summed E-state index contributed by atoms with van der Waals surface area (Å²) in [5, 5.41) is 9.80. The van der Waals surface area contributed by atoms with E-state index in [0.717, 1.165) is 5.56 Å². The van der Waals surface area contributed by atoms with Crippen LogP contribution in [0.15, 0.2) is 42.5 Å². The van der Waals surface area contributed by atoms with Gasteiger partial charge >= 0.3 is 0 Å². The van der Waals surface area contributed by atoms with Crippen molar-refractivity contribution in [2.24, 2.45) is 0 Å². The van der Waals surface area contributed by atoms with Gasteiger partial charge in [-0.25, -0.2) is 0 Å². The number of aromatic hydroxyl groups is 1. The number of ether oxygens (including phenoxy) is 2. The van der Waals surface area contributed by atoms with Crippen molar-refractivity contribution >= 4 is 5.78 Å². The molecule has 0 aliphatic carbocycles. The van der Waals surface area contributed by atoms with Crippen LogP contribution in [0, 0.1) is 0 Å². The molecule has 0 saturated carbocycles. The highest BCUT2D eigenvalue weighted by atomic mass is 16.5. The highest BCUT2D eigenvalue weighted by Gasteiger charge is 2.26. The van der Waals surface area contributed by atoms with Gasteiger partial charge in [-0.15, -0.1) is 0 Å². The first-order chi connectivity index (χ1) is 9.24. The number of phenolic OH excluding ortho intramolecular Hbond substituents is 1. The maximum Gasteiger partial charge on any atom is 0.207 e. The number of fused-ring (bicyclic) bond motifs is 1. The summed E-state index contributed by atoms with van der Waals surface area (Å²) in [5.74, 6) is 0.563. The number of hydrogen-bond acceptors (Lipinski definition) is 4. The molecule has 0 radical (unpaired) electrons. The lowest BCUT2D eigenvalue weighted by Gasteiger charge is -2.08. The Kier molecular flexibility index (Phi) is 2.83. The monoisotopic (exact) mass is 256 g/mol. The first-order valence-electron chi connectivity index (χ1n) is 5.94. The second-order valence-corrected chi connectivity index (χ2v) is 4.30. The smallest absolute Gasteiger partial charge is 0.207 e. The van der Waals surface area contributed by atoms with E-state index in [-0.39, 0.29) is 23.7 Å². The minimum Gasteiger partial charge on any atom is -0.507 e. The Labute approximate surface area is 110 Å². The van der Waals surface area contributed by atoms with Gasteiger partial charge in [0.05, 0.1) is 0 Å². The Hall–Kier alpha value is -2.49. The van der Waals surface area contributed by atoms with Crippen LogP contribution in [0.2, 0.25) is 0 Å². The van der Waals surface area contributed by atoms with Gasteiger partial charge in [-0.1, -0.05) is 30.3 Å². The van der Waals surface area contributed by atoms with Crippen molar-refractivity contribution in [3.05, 3.63) is 53.6 Å². The van der Waals surface area contributed by atoms with Gasteiger partial charge in [-0.05, 0) is 5.56 Å². The van der Waals surface area contributed by atoms with Crippen molar-refractivity contribution in [1.82, 2.24) is 0 Å². The van der Waals surface area contributed by atoms with E-state index in [1.807, 2.05) is 30.3 Å². The van der Waals surface area contributed by atoms with Crippen molar-refractivity contribution in [2.45, 2.75) is 6.61 Å². The number of hydrogen-bond donors (Lipinski definition) is 1. The molecule has 1 aliphatic rings. The number of carbonyl (C=O) groups excluding carboxylic acids is 1. The second kappa shape index (κ2) is 4.65. The summed E-state index contributed by atoms with van der Waals surface area (Å²) >= 11 is 0. The predicted octanol–water partition coefficient (Wildman–Crippen LogP) is 2.55. The molecule has 19 heavy (non-hydrogen) atoms. The molecule has 3 rings (SSSR count). The quantitative estimate of drug-likeness (QED) is 0.916. The summed E-state index contributed by atoms with van der Waals surface area (Å²) in [6, 6.07) is 12.8. The number of benzene rings is 2. The zero-order valence-corrected chi connectivity index (χ0v) is 10.1. The Morgan fingerprint density at radius 3 is 2.79 bits per heavy atom. The molecule has 2 aromatic carbocycles.